The largest absolute Gasteiger partial charge is 0.478 e. The Morgan fingerprint density at radius 3 is 1.75 bits per heavy atom. The van der Waals surface area contributed by atoms with Crippen LogP contribution in [0.15, 0.2) is 109 Å². The number of allylic oxidation sites excluding steroid dienone is 4. The van der Waals surface area contributed by atoms with Crippen molar-refractivity contribution in [3.8, 4) is 0 Å². The van der Waals surface area contributed by atoms with Gasteiger partial charge in [-0.2, -0.15) is 4.58 Å². The zero-order chi connectivity index (χ0) is 41.1. The number of ketones is 2. The SMILES string of the molecule is CC(=O)CC1(C)C(/C=C/C=C2\Nc3ccc([N+](=O)[O-])cc3C2(C)CC(C)=O)=[N+](c2ccc(C(=O)O)cc2)c2ccc([N+](=O)[O-])cc21.Cc1ccc(C(=O)O)cc1. The third kappa shape index (κ3) is 8.04. The van der Waals surface area contributed by atoms with Gasteiger partial charge in [-0.25, -0.2) is 9.59 Å². The number of nitro groups is 2. The Hall–Kier alpha value is -7.09. The van der Waals surface area contributed by atoms with E-state index in [0.29, 0.717) is 45.2 Å². The number of hydrogen-bond acceptors (Lipinski definition) is 9. The molecule has 0 aliphatic carbocycles. The number of rotatable bonds is 11. The smallest absolute Gasteiger partial charge is 0.335 e. The van der Waals surface area contributed by atoms with E-state index in [1.54, 1.807) is 66.8 Å². The molecule has 2 unspecified atom stereocenters. The highest BCUT2D eigenvalue weighted by Crippen LogP contribution is 2.48. The van der Waals surface area contributed by atoms with E-state index in [2.05, 4.69) is 5.32 Å². The van der Waals surface area contributed by atoms with Crippen LogP contribution in [0.3, 0.4) is 0 Å². The Labute approximate surface area is 321 Å². The van der Waals surface area contributed by atoms with Gasteiger partial charge in [-0.05, 0) is 76.6 Å². The maximum absolute atomic E-state index is 12.7. The summed E-state index contributed by atoms with van der Waals surface area (Å²) in [7, 11) is 0. The predicted molar refractivity (Wildman–Crippen MR) is 210 cm³/mol. The topological polar surface area (TPSA) is 210 Å². The summed E-state index contributed by atoms with van der Waals surface area (Å²) in [5.41, 5.74) is 3.61. The molecule has 3 N–H and O–H groups in total. The van der Waals surface area contributed by atoms with Crippen LogP contribution in [-0.2, 0) is 20.4 Å². The van der Waals surface area contributed by atoms with Gasteiger partial charge in [0.1, 0.15) is 11.6 Å². The molecule has 0 saturated carbocycles. The highest BCUT2D eigenvalue weighted by Gasteiger charge is 2.50. The van der Waals surface area contributed by atoms with Crippen molar-refractivity contribution in [1.29, 1.82) is 0 Å². The molecule has 14 nitrogen and oxygen atoms in total. The number of hydrogen-bond donors (Lipinski definition) is 3. The first-order valence-electron chi connectivity index (χ1n) is 17.4. The minimum Gasteiger partial charge on any atom is -0.478 e. The molecule has 14 heteroatoms. The summed E-state index contributed by atoms with van der Waals surface area (Å²) in [5.74, 6) is -2.22. The molecule has 0 radical (unpaired) electrons. The summed E-state index contributed by atoms with van der Waals surface area (Å²) in [6.07, 6.45) is 5.41. The minimum atomic E-state index is -1.09. The van der Waals surface area contributed by atoms with Crippen molar-refractivity contribution in [2.24, 2.45) is 0 Å². The second kappa shape index (κ2) is 15.7. The number of aryl methyl sites for hydroxylation is 1. The molecule has 4 aromatic rings. The molecule has 2 aliphatic heterocycles. The van der Waals surface area contributed by atoms with Gasteiger partial charge in [0.15, 0.2) is 5.71 Å². The monoisotopic (exact) mass is 759 g/mol. The van der Waals surface area contributed by atoms with E-state index in [0.717, 1.165) is 5.56 Å². The van der Waals surface area contributed by atoms with Crippen LogP contribution < -0.4 is 9.89 Å². The van der Waals surface area contributed by atoms with E-state index in [9.17, 15) is 44.5 Å². The summed E-state index contributed by atoms with van der Waals surface area (Å²) in [6, 6.07) is 21.9. The normalized spacial score (nSPS) is 18.8. The number of nitro benzene ring substituents is 2. The summed E-state index contributed by atoms with van der Waals surface area (Å²) in [6.45, 7) is 8.50. The number of benzene rings is 4. The van der Waals surface area contributed by atoms with Crippen molar-refractivity contribution in [3.63, 3.8) is 0 Å². The summed E-state index contributed by atoms with van der Waals surface area (Å²) in [4.78, 5) is 69.2. The Morgan fingerprint density at radius 1 is 0.732 bits per heavy atom. The molecule has 6 rings (SSSR count). The number of nitrogens with one attached hydrogen (secondary N) is 1. The average molecular weight is 760 g/mol. The van der Waals surface area contributed by atoms with Crippen molar-refractivity contribution in [1.82, 2.24) is 4.58 Å². The lowest BCUT2D eigenvalue weighted by molar-refractivity contribution is -0.385. The predicted octanol–water partition coefficient (Wildman–Crippen LogP) is 8.22. The average Bonchev–Trinajstić information content (AvgIpc) is 3.53. The van der Waals surface area contributed by atoms with Crippen LogP contribution in [0.1, 0.15) is 77.9 Å². The van der Waals surface area contributed by atoms with Gasteiger partial charge in [-0.1, -0.05) is 23.8 Å². The number of nitrogens with zero attached hydrogens (tertiary/aromatic N) is 3. The quantitative estimate of drug-likeness (QED) is 0.0753. The number of anilines is 1. The summed E-state index contributed by atoms with van der Waals surface area (Å²) < 4.78 is 1.84. The molecule has 56 heavy (non-hydrogen) atoms. The zero-order valence-corrected chi connectivity index (χ0v) is 31.2. The van der Waals surface area contributed by atoms with Crippen LogP contribution in [0.4, 0.5) is 28.4 Å². The number of non-ortho nitro benzene ring substituents is 2. The maximum atomic E-state index is 12.7. The fourth-order valence-electron chi connectivity index (χ4n) is 7.25. The number of carboxylic acids is 2. The van der Waals surface area contributed by atoms with Gasteiger partial charge in [0.2, 0.25) is 11.4 Å². The minimum absolute atomic E-state index is 0.0243. The molecule has 286 valence electrons. The van der Waals surface area contributed by atoms with E-state index < -0.39 is 32.6 Å². The lowest BCUT2D eigenvalue weighted by Crippen LogP contribution is -2.33. The number of fused-ring (bicyclic) bond motifs is 2. The first-order valence-corrected chi connectivity index (χ1v) is 17.4. The van der Waals surface area contributed by atoms with Gasteiger partial charge < -0.3 is 15.5 Å². The molecule has 0 amide bonds. The molecule has 2 aliphatic rings. The van der Waals surface area contributed by atoms with Gasteiger partial charge in [0.25, 0.3) is 11.4 Å². The molecular weight excluding hydrogens is 720 g/mol. The Balaban J connectivity index is 0.000000522. The lowest BCUT2D eigenvalue weighted by Gasteiger charge is -2.25. The van der Waals surface area contributed by atoms with E-state index in [1.165, 1.54) is 50.2 Å². The molecule has 0 bridgehead atoms. The standard InChI is InChI=1S/C34H30N4O8.C8H8O2/c1-20(39)18-33(3)26-16-24(37(43)44)12-14-28(26)35-30(33)6-5-7-31-34(4,19-21(2)40)27-17-25(38(45)46)13-15-29(27)36(31)23-10-8-22(9-11-23)32(41)42;1-6-2-4-7(5-3-6)8(9)10/h5-17H,18-19H2,1-4H3,(H,41,42);2-5H,1H3,(H,9,10)/p+1. The Morgan fingerprint density at radius 2 is 1.23 bits per heavy atom. The molecule has 0 fully saturated rings. The van der Waals surface area contributed by atoms with Crippen molar-refractivity contribution < 1.29 is 39.2 Å². The van der Waals surface area contributed by atoms with E-state index in [1.807, 2.05) is 25.3 Å². The van der Waals surface area contributed by atoms with Crippen molar-refractivity contribution in [2.75, 3.05) is 5.32 Å². The first kappa shape index (κ1) is 40.1. The van der Waals surface area contributed by atoms with E-state index in [4.69, 9.17) is 5.11 Å². The highest BCUT2D eigenvalue weighted by molar-refractivity contribution is 6.12. The van der Waals surface area contributed by atoms with E-state index >= 15 is 0 Å². The third-order valence-electron chi connectivity index (χ3n) is 9.90. The number of carbonyl (C=O) groups is 4. The number of Topliss-reactive ketones (excluding diaryl/α,β-unsaturated/α-hetero) is 2. The van der Waals surface area contributed by atoms with Crippen LogP contribution in [0, 0.1) is 27.2 Å². The second-order valence-electron chi connectivity index (χ2n) is 14.2. The number of carbonyl (C=O) groups excluding carboxylic acids is 2. The Kier molecular flexibility index (Phi) is 11.3. The molecule has 2 atom stereocenters. The van der Waals surface area contributed by atoms with Gasteiger partial charge in [-0.3, -0.25) is 29.8 Å². The van der Waals surface area contributed by atoms with Crippen LogP contribution in [0.5, 0.6) is 0 Å². The van der Waals surface area contributed by atoms with Gasteiger partial charge in [0, 0.05) is 83.7 Å². The summed E-state index contributed by atoms with van der Waals surface area (Å²) in [5, 5.41) is 44.5. The second-order valence-corrected chi connectivity index (χ2v) is 14.2. The van der Waals surface area contributed by atoms with Crippen LogP contribution in [-0.4, -0.2) is 49.3 Å². The molecule has 0 saturated heterocycles. The first-order chi connectivity index (χ1) is 26.3. The van der Waals surface area contributed by atoms with Crippen molar-refractivity contribution >= 4 is 57.7 Å². The molecule has 2 heterocycles. The molecule has 0 aromatic heterocycles. The van der Waals surface area contributed by atoms with Gasteiger partial charge in [0.05, 0.1) is 26.4 Å². The third-order valence-corrected chi connectivity index (χ3v) is 9.90. The zero-order valence-electron chi connectivity index (χ0n) is 31.2. The highest BCUT2D eigenvalue weighted by atomic mass is 16.6. The molecular formula is C42H39N4O10+. The Bertz CT molecular complexity index is 2400. The number of aromatic carboxylic acids is 2. The van der Waals surface area contributed by atoms with E-state index in [-0.39, 0.29) is 41.3 Å². The van der Waals surface area contributed by atoms with Gasteiger partial charge in [-0.15, -0.1) is 0 Å². The molecule has 4 aromatic carbocycles. The van der Waals surface area contributed by atoms with Crippen molar-refractivity contribution in [3.05, 3.63) is 157 Å². The fourth-order valence-corrected chi connectivity index (χ4v) is 7.25. The molecule has 0 spiro atoms. The van der Waals surface area contributed by atoms with Crippen LogP contribution >= 0.6 is 0 Å². The van der Waals surface area contributed by atoms with Gasteiger partial charge >= 0.3 is 11.9 Å². The lowest BCUT2D eigenvalue weighted by atomic mass is 9.75. The fraction of sp³-hybridized carbons (Fsp3) is 0.214. The van der Waals surface area contributed by atoms with Crippen molar-refractivity contribution in [2.45, 2.75) is 58.3 Å². The van der Waals surface area contributed by atoms with Crippen LogP contribution in [0.25, 0.3) is 0 Å². The number of carboxylic acid groups (broad SMARTS) is 2. The van der Waals surface area contributed by atoms with Crippen LogP contribution in [0.2, 0.25) is 0 Å². The summed E-state index contributed by atoms with van der Waals surface area (Å²) >= 11 is 0. The maximum Gasteiger partial charge on any atom is 0.335 e.